The van der Waals surface area contributed by atoms with Crippen molar-refractivity contribution in [3.05, 3.63) is 114 Å². The Balaban J connectivity index is 0.875. The number of amides is 8. The van der Waals surface area contributed by atoms with Gasteiger partial charge in [0.1, 0.15) is 30.2 Å². The normalized spacial score (nSPS) is 17.1. The number of unbranched alkanes of at least 4 members (excludes halogenated alkanes) is 2. The molecule has 5 atom stereocenters. The van der Waals surface area contributed by atoms with Gasteiger partial charge in [-0.1, -0.05) is 80.9 Å². The van der Waals surface area contributed by atoms with Crippen LogP contribution in [0.5, 0.6) is 11.5 Å². The minimum Gasteiger partial charge on any atom is -0.507 e. The van der Waals surface area contributed by atoms with Crippen LogP contribution in [0.15, 0.2) is 97.1 Å². The number of primary amides is 1. The smallest absolute Gasteiger partial charge is 0.312 e. The molecule has 5 aromatic carbocycles. The fourth-order valence-electron chi connectivity index (χ4n) is 10.9. The highest BCUT2D eigenvalue weighted by atomic mass is 35.5. The zero-order valence-corrected chi connectivity index (χ0v) is 46.8. The summed E-state index contributed by atoms with van der Waals surface area (Å²) in [7, 11) is 1.54. The predicted molar refractivity (Wildman–Crippen MR) is 310 cm³/mol. The van der Waals surface area contributed by atoms with Crippen molar-refractivity contribution in [1.82, 2.24) is 20.9 Å². The molecule has 0 aromatic heterocycles. The number of nitrogens with two attached hydrogens (primary N) is 1. The van der Waals surface area contributed by atoms with E-state index in [2.05, 4.69) is 21.3 Å². The number of aromatic hydroxyl groups is 1. The average Bonchev–Trinajstić information content (AvgIpc) is 4.15. The molecule has 5 aromatic rings. The number of ether oxygens (including phenoxy) is 2. The Morgan fingerprint density at radius 1 is 0.738 bits per heavy atom. The molecule has 2 unspecified atom stereocenters. The molecule has 0 saturated heterocycles. The first-order valence-electron chi connectivity index (χ1n) is 27.3. The third-order valence-corrected chi connectivity index (χ3v) is 15.8. The number of halogens is 2. The van der Waals surface area contributed by atoms with Crippen molar-refractivity contribution >= 4 is 103 Å². The number of fused-ring (bicyclic) bond motifs is 6. The molecule has 7 N–H and O–H groups in total. The molecular weight excluding hydrogens is 1060 g/mol. The highest BCUT2D eigenvalue weighted by Gasteiger charge is 2.37. The summed E-state index contributed by atoms with van der Waals surface area (Å²) in [4.78, 5) is 97.2. The van der Waals surface area contributed by atoms with Gasteiger partial charge in [0, 0.05) is 111 Å². The van der Waals surface area contributed by atoms with Crippen LogP contribution in [0.25, 0.3) is 21.5 Å². The molecule has 0 bridgehead atoms. The van der Waals surface area contributed by atoms with Crippen molar-refractivity contribution in [2.45, 2.75) is 108 Å². The number of alkyl halides is 2. The number of benzene rings is 5. The van der Waals surface area contributed by atoms with Gasteiger partial charge in [0.05, 0.1) is 11.4 Å². The summed E-state index contributed by atoms with van der Waals surface area (Å²) in [6.45, 7) is 5.16. The Morgan fingerprint density at radius 3 is 1.96 bits per heavy atom. The number of phenols is 1. The number of methoxy groups -OCH3 is 1. The van der Waals surface area contributed by atoms with Crippen LogP contribution in [0, 0.1) is 5.92 Å². The lowest BCUT2D eigenvalue weighted by atomic mass is 9.95. The quantitative estimate of drug-likeness (QED) is 0.0228. The van der Waals surface area contributed by atoms with E-state index >= 15 is 0 Å². The number of hydrogen-bond donors (Lipinski definition) is 6. The van der Waals surface area contributed by atoms with Crippen molar-refractivity contribution in [1.29, 1.82) is 0 Å². The zero-order valence-electron chi connectivity index (χ0n) is 45.3. The summed E-state index contributed by atoms with van der Waals surface area (Å²) in [5, 5.41) is 25.3. The maximum Gasteiger partial charge on any atom is 0.312 e. The van der Waals surface area contributed by atoms with Gasteiger partial charge < -0.3 is 56.3 Å². The molecule has 18 nitrogen and oxygen atoms in total. The van der Waals surface area contributed by atoms with Crippen LogP contribution < -0.4 is 41.5 Å². The van der Waals surface area contributed by atoms with E-state index in [0.29, 0.717) is 85.8 Å². The Kier molecular flexibility index (Phi) is 19.9. The molecule has 0 radical (unpaired) electrons. The SMILES string of the molecule is COC1C=CC(=O)N1CCCCCC(=O)N[C@H](C(=O)N[C@@H](CCCNC(N)=O)C(=O)Nc1ccc(COc2cc3c(c4ccccc24)C(CCl)CN3C(=O)CCCC(=O)N2C[C@@H](CCl)c3c2cc(O)c2ccccc32)cc1)C(C)C. The van der Waals surface area contributed by atoms with E-state index in [9.17, 15) is 38.7 Å². The van der Waals surface area contributed by atoms with E-state index in [1.165, 1.54) is 13.2 Å². The van der Waals surface area contributed by atoms with Crippen molar-refractivity contribution in [2.75, 3.05) is 60.2 Å². The molecule has 0 aliphatic carbocycles. The number of nitrogens with zero attached hydrogens (tertiary/aromatic N) is 3. The topological polar surface area (TPSA) is 242 Å². The van der Waals surface area contributed by atoms with E-state index in [1.54, 1.807) is 52.8 Å². The van der Waals surface area contributed by atoms with Crippen LogP contribution in [-0.2, 0) is 40.1 Å². The van der Waals surface area contributed by atoms with E-state index in [0.717, 1.165) is 32.8 Å². The van der Waals surface area contributed by atoms with Gasteiger partial charge in [0.2, 0.25) is 35.4 Å². The lowest BCUT2D eigenvalue weighted by Gasteiger charge is -2.25. The maximum absolute atomic E-state index is 14.1. The summed E-state index contributed by atoms with van der Waals surface area (Å²) in [5.41, 5.74) is 9.75. The molecule has 20 heteroatoms. The molecule has 8 amide bonds. The number of anilines is 3. The predicted octanol–water partition coefficient (Wildman–Crippen LogP) is 8.43. The summed E-state index contributed by atoms with van der Waals surface area (Å²) in [6.07, 6.45) is 5.88. The fraction of sp³-hybridized carbons (Fsp3) is 0.417. The van der Waals surface area contributed by atoms with Crippen LogP contribution in [0.2, 0.25) is 0 Å². The fourth-order valence-corrected chi connectivity index (χ4v) is 11.4. The van der Waals surface area contributed by atoms with Crippen LogP contribution in [-0.4, -0.2) is 115 Å². The molecule has 0 saturated carbocycles. The third kappa shape index (κ3) is 13.8. The Hall–Kier alpha value is -7.41. The second kappa shape index (κ2) is 27.2. The van der Waals surface area contributed by atoms with Crippen molar-refractivity contribution < 1.29 is 48.1 Å². The number of hydrogen-bond acceptors (Lipinski definition) is 10. The minimum atomic E-state index is -1.03. The minimum absolute atomic E-state index is 0.0923. The highest BCUT2D eigenvalue weighted by Crippen LogP contribution is 2.47. The van der Waals surface area contributed by atoms with Crippen LogP contribution >= 0.6 is 23.2 Å². The summed E-state index contributed by atoms with van der Waals surface area (Å²) >= 11 is 13.0. The number of phenolic OH excluding ortho intramolecular Hbond substituents is 1. The van der Waals surface area contributed by atoms with E-state index in [1.807, 2.05) is 66.7 Å². The second-order valence-electron chi connectivity index (χ2n) is 20.9. The molecule has 0 spiro atoms. The molecule has 0 fully saturated rings. The number of carbonyl (C=O) groups excluding carboxylic acids is 7. The van der Waals surface area contributed by atoms with Crippen LogP contribution in [0.1, 0.15) is 100 Å². The van der Waals surface area contributed by atoms with E-state index in [-0.39, 0.29) is 91.8 Å². The summed E-state index contributed by atoms with van der Waals surface area (Å²) < 4.78 is 11.8. The Bertz CT molecular complexity index is 3140. The first kappa shape index (κ1) is 58.7. The lowest BCUT2D eigenvalue weighted by Crippen LogP contribution is -2.54. The Morgan fingerprint density at radius 2 is 1.35 bits per heavy atom. The van der Waals surface area contributed by atoms with Gasteiger partial charge in [0.25, 0.3) is 0 Å². The van der Waals surface area contributed by atoms with Gasteiger partial charge in [0.15, 0.2) is 6.23 Å². The summed E-state index contributed by atoms with van der Waals surface area (Å²) in [6, 6.07) is 23.3. The molecule has 3 heterocycles. The summed E-state index contributed by atoms with van der Waals surface area (Å²) in [5.74, 6) is -1.05. The van der Waals surface area contributed by atoms with Gasteiger partial charge in [-0.25, -0.2) is 4.79 Å². The number of carbonyl (C=O) groups is 7. The van der Waals surface area contributed by atoms with Gasteiger partial charge in [-0.2, -0.15) is 0 Å². The Labute approximate surface area is 475 Å². The standard InChI is InChI=1S/C60H70Cl2N8O10/c1-36(2)57(67-50(72)18-5-4-10-28-68-53(75)25-26-54(68)79-3)59(77)66-45(17-12-27-64-60(63)78)58(76)65-40-23-21-37(22-24-40)35-80-49-30-47-56(44-16-9-7-14-42(44)49)39(32-62)34-70(47)52(74)20-11-19-51(73)69-33-38(31-61)55-43-15-8-6-13-41(43)48(71)29-46(55)69/h6-9,13-16,21-26,29-30,36,38-39,45,54,57,71H,4-5,10-12,17-20,27-28,31-35H2,1-3H3,(H,65,76)(H,66,77)(H,67,72)(H3,63,64,78)/t38-,39?,45+,54?,57+/m1/s1. The van der Waals surface area contributed by atoms with Crippen molar-refractivity contribution in [3.8, 4) is 11.5 Å². The van der Waals surface area contributed by atoms with Crippen LogP contribution in [0.3, 0.4) is 0 Å². The molecule has 8 rings (SSSR count). The highest BCUT2D eigenvalue weighted by molar-refractivity contribution is 6.19. The van der Waals surface area contributed by atoms with Gasteiger partial charge in [-0.3, -0.25) is 28.8 Å². The first-order chi connectivity index (χ1) is 38.6. The lowest BCUT2D eigenvalue weighted by molar-refractivity contribution is -0.132. The molecule has 80 heavy (non-hydrogen) atoms. The van der Waals surface area contributed by atoms with Gasteiger partial charge in [-0.05, 0) is 83.7 Å². The van der Waals surface area contributed by atoms with Crippen molar-refractivity contribution in [3.63, 3.8) is 0 Å². The third-order valence-electron chi connectivity index (χ3n) is 15.1. The number of urea groups is 1. The molecule has 3 aliphatic rings. The first-order valence-corrected chi connectivity index (χ1v) is 28.4. The molecule has 424 valence electrons. The largest absolute Gasteiger partial charge is 0.507 e. The van der Waals surface area contributed by atoms with Crippen molar-refractivity contribution in [2.24, 2.45) is 11.7 Å². The number of rotatable bonds is 26. The van der Waals surface area contributed by atoms with E-state index < -0.39 is 36.2 Å². The monoisotopic (exact) mass is 1130 g/mol. The van der Waals surface area contributed by atoms with Gasteiger partial charge in [-0.15, -0.1) is 23.2 Å². The number of nitrogens with one attached hydrogen (secondary N) is 4. The van der Waals surface area contributed by atoms with Gasteiger partial charge >= 0.3 is 6.03 Å². The zero-order chi connectivity index (χ0) is 57.0. The average molecular weight is 1130 g/mol. The maximum atomic E-state index is 14.1. The second-order valence-corrected chi connectivity index (χ2v) is 21.5. The van der Waals surface area contributed by atoms with Crippen LogP contribution in [0.4, 0.5) is 21.9 Å². The van der Waals surface area contributed by atoms with E-state index in [4.69, 9.17) is 38.4 Å². The molecule has 3 aliphatic heterocycles. The molecular formula is C60H70Cl2N8O10.